The number of benzene rings is 1. The minimum absolute atomic E-state index is 0.0124. The molecule has 0 amide bonds. The molecular weight excluding hydrogens is 336 g/mol. The maximum atomic E-state index is 12.0. The summed E-state index contributed by atoms with van der Waals surface area (Å²) in [7, 11) is 0. The number of fused-ring (bicyclic) bond motifs is 1. The first-order valence-electron chi connectivity index (χ1n) is 7.18. The molecule has 0 saturated carbocycles. The average molecular weight is 353 g/mol. The summed E-state index contributed by atoms with van der Waals surface area (Å²) in [5, 5.41) is 13.7. The molecule has 1 heterocycles. The van der Waals surface area contributed by atoms with Crippen LogP contribution in [0.3, 0.4) is 0 Å². The third-order valence-electron chi connectivity index (χ3n) is 2.93. The summed E-state index contributed by atoms with van der Waals surface area (Å²) in [5.41, 5.74) is 0.00872. The quantitative estimate of drug-likeness (QED) is 0.510. The molecule has 0 aliphatic carbocycles. The third-order valence-corrected chi connectivity index (χ3v) is 3.19. The van der Waals surface area contributed by atoms with Crippen molar-refractivity contribution < 1.29 is 14.5 Å². The number of esters is 1. The van der Waals surface area contributed by atoms with Gasteiger partial charge in [0.05, 0.1) is 16.0 Å². The van der Waals surface area contributed by atoms with Gasteiger partial charge in [-0.2, -0.15) is 0 Å². The third kappa shape index (κ3) is 4.29. The highest BCUT2D eigenvalue weighted by molar-refractivity contribution is 6.32. The fraction of sp³-hybridized carbons (Fsp3) is 0.400. The molecule has 8 nitrogen and oxygen atoms in total. The lowest BCUT2D eigenvalue weighted by molar-refractivity contribution is -0.384. The van der Waals surface area contributed by atoms with E-state index in [1.54, 1.807) is 27.7 Å². The van der Waals surface area contributed by atoms with Gasteiger partial charge in [0.25, 0.3) is 5.69 Å². The fourth-order valence-corrected chi connectivity index (χ4v) is 2.07. The predicted molar refractivity (Wildman–Crippen MR) is 90.1 cm³/mol. The van der Waals surface area contributed by atoms with E-state index in [0.717, 1.165) is 0 Å². The largest absolute Gasteiger partial charge is 0.458 e. The standard InChI is InChI=1S/C15H17ClN4O4/c1-8(14(21)24-15(2,3)4)17-13-12(16)18-11-7-9(20(22)23)5-6-10(11)19-13/h5-8H,1-4H3,(H,17,19). The molecule has 0 aliphatic rings. The van der Waals surface area contributed by atoms with E-state index >= 15 is 0 Å². The molecule has 128 valence electrons. The molecule has 1 unspecified atom stereocenters. The Labute approximate surface area is 143 Å². The van der Waals surface area contributed by atoms with Gasteiger partial charge in [-0.05, 0) is 33.8 Å². The van der Waals surface area contributed by atoms with Crippen LogP contribution in [0.2, 0.25) is 5.15 Å². The van der Waals surface area contributed by atoms with Crippen molar-refractivity contribution in [1.82, 2.24) is 9.97 Å². The van der Waals surface area contributed by atoms with Crippen molar-refractivity contribution in [2.45, 2.75) is 39.3 Å². The van der Waals surface area contributed by atoms with Crippen LogP contribution >= 0.6 is 11.6 Å². The molecule has 1 N–H and O–H groups in total. The van der Waals surface area contributed by atoms with E-state index in [9.17, 15) is 14.9 Å². The smallest absolute Gasteiger partial charge is 0.328 e. The molecule has 0 aliphatic heterocycles. The lowest BCUT2D eigenvalue weighted by atomic mass is 10.2. The summed E-state index contributed by atoms with van der Waals surface area (Å²) >= 11 is 6.06. The van der Waals surface area contributed by atoms with Crippen LogP contribution in [0.1, 0.15) is 27.7 Å². The van der Waals surface area contributed by atoms with Crippen molar-refractivity contribution in [3.8, 4) is 0 Å². The highest BCUT2D eigenvalue weighted by Gasteiger charge is 2.23. The number of nitro groups is 1. The van der Waals surface area contributed by atoms with Crippen molar-refractivity contribution in [2.24, 2.45) is 0 Å². The van der Waals surface area contributed by atoms with Gasteiger partial charge < -0.3 is 10.1 Å². The average Bonchev–Trinajstić information content (AvgIpc) is 2.45. The van der Waals surface area contributed by atoms with Crippen LogP contribution in [0.4, 0.5) is 11.5 Å². The second kappa shape index (κ2) is 6.56. The first-order valence-corrected chi connectivity index (χ1v) is 7.56. The van der Waals surface area contributed by atoms with Crippen LogP contribution in [-0.2, 0) is 9.53 Å². The lowest BCUT2D eigenvalue weighted by Crippen LogP contribution is -2.34. The van der Waals surface area contributed by atoms with Gasteiger partial charge in [-0.25, -0.2) is 14.8 Å². The number of nitrogens with one attached hydrogen (secondary N) is 1. The van der Waals surface area contributed by atoms with Crippen LogP contribution in [0.5, 0.6) is 0 Å². The number of hydrogen-bond acceptors (Lipinski definition) is 7. The van der Waals surface area contributed by atoms with Gasteiger partial charge in [0, 0.05) is 12.1 Å². The van der Waals surface area contributed by atoms with Crippen molar-refractivity contribution in [3.63, 3.8) is 0 Å². The number of nitro benzene ring substituents is 1. The second-order valence-corrected chi connectivity index (χ2v) is 6.55. The Hall–Kier alpha value is -2.48. The van der Waals surface area contributed by atoms with E-state index < -0.39 is 22.5 Å². The zero-order valence-corrected chi connectivity index (χ0v) is 14.4. The number of anilines is 1. The van der Waals surface area contributed by atoms with Gasteiger partial charge in [0.15, 0.2) is 11.0 Å². The Balaban J connectivity index is 2.26. The molecule has 2 rings (SSSR count). The van der Waals surface area contributed by atoms with Gasteiger partial charge in [-0.1, -0.05) is 11.6 Å². The topological polar surface area (TPSA) is 107 Å². The molecule has 0 radical (unpaired) electrons. The van der Waals surface area contributed by atoms with E-state index in [1.807, 2.05) is 0 Å². The van der Waals surface area contributed by atoms with Crippen LogP contribution in [-0.4, -0.2) is 32.5 Å². The zero-order chi connectivity index (χ0) is 18.1. The van der Waals surface area contributed by atoms with Crippen molar-refractivity contribution in [3.05, 3.63) is 33.5 Å². The van der Waals surface area contributed by atoms with E-state index in [4.69, 9.17) is 16.3 Å². The van der Waals surface area contributed by atoms with Gasteiger partial charge in [-0.15, -0.1) is 0 Å². The summed E-state index contributed by atoms with van der Waals surface area (Å²) in [6, 6.07) is 3.40. The van der Waals surface area contributed by atoms with Crippen LogP contribution in [0.15, 0.2) is 18.2 Å². The Kier molecular flexibility index (Phi) is 4.88. The highest BCUT2D eigenvalue weighted by atomic mass is 35.5. The summed E-state index contributed by atoms with van der Waals surface area (Å²) in [6.07, 6.45) is 0. The lowest BCUT2D eigenvalue weighted by Gasteiger charge is -2.23. The summed E-state index contributed by atoms with van der Waals surface area (Å²) in [5.74, 6) is -0.249. The van der Waals surface area contributed by atoms with Gasteiger partial charge in [0.1, 0.15) is 11.6 Å². The van der Waals surface area contributed by atoms with E-state index in [-0.39, 0.29) is 16.7 Å². The number of non-ortho nitro benzene ring substituents is 1. The van der Waals surface area contributed by atoms with E-state index in [0.29, 0.717) is 11.0 Å². The molecule has 1 atom stereocenters. The number of hydrogen-bond donors (Lipinski definition) is 1. The molecule has 9 heteroatoms. The molecule has 0 spiro atoms. The molecule has 0 saturated heterocycles. The van der Waals surface area contributed by atoms with Crippen molar-refractivity contribution >= 4 is 40.1 Å². The molecule has 1 aromatic carbocycles. The maximum absolute atomic E-state index is 12.0. The molecule has 0 fully saturated rings. The monoisotopic (exact) mass is 352 g/mol. The zero-order valence-electron chi connectivity index (χ0n) is 13.7. The molecular formula is C15H17ClN4O4. The van der Waals surface area contributed by atoms with Crippen LogP contribution in [0, 0.1) is 10.1 Å². The van der Waals surface area contributed by atoms with Gasteiger partial charge in [0.2, 0.25) is 0 Å². The van der Waals surface area contributed by atoms with Crippen molar-refractivity contribution in [2.75, 3.05) is 5.32 Å². The first kappa shape index (κ1) is 17.9. The SMILES string of the molecule is CC(Nc1nc2ccc([N+](=O)[O-])cc2nc1Cl)C(=O)OC(C)(C)C. The Bertz CT molecular complexity index is 804. The normalized spacial score (nSPS) is 12.7. The molecule has 2 aromatic rings. The minimum atomic E-state index is -0.688. The number of halogens is 1. The minimum Gasteiger partial charge on any atom is -0.458 e. The number of aromatic nitrogens is 2. The van der Waals surface area contributed by atoms with Crippen LogP contribution < -0.4 is 5.32 Å². The van der Waals surface area contributed by atoms with Crippen molar-refractivity contribution in [1.29, 1.82) is 0 Å². The summed E-state index contributed by atoms with van der Waals surface area (Å²) < 4.78 is 5.27. The number of ether oxygens (including phenoxy) is 1. The fourth-order valence-electron chi connectivity index (χ4n) is 1.88. The molecule has 24 heavy (non-hydrogen) atoms. The molecule has 0 bridgehead atoms. The predicted octanol–water partition coefficient (Wildman–Crippen LogP) is 3.33. The highest BCUT2D eigenvalue weighted by Crippen LogP contribution is 2.25. The Morgan fingerprint density at radius 2 is 2.00 bits per heavy atom. The van der Waals surface area contributed by atoms with Crippen LogP contribution in [0.25, 0.3) is 11.0 Å². The number of carbonyl (C=O) groups excluding carboxylic acids is 1. The second-order valence-electron chi connectivity index (χ2n) is 6.19. The summed E-state index contributed by atoms with van der Waals surface area (Å²) in [4.78, 5) is 30.6. The Morgan fingerprint density at radius 1 is 1.33 bits per heavy atom. The van der Waals surface area contributed by atoms with E-state index in [2.05, 4.69) is 15.3 Å². The Morgan fingerprint density at radius 3 is 2.58 bits per heavy atom. The van der Waals surface area contributed by atoms with Gasteiger partial charge in [-0.3, -0.25) is 10.1 Å². The number of nitrogens with zero attached hydrogens (tertiary/aromatic N) is 3. The first-order chi connectivity index (χ1) is 11.1. The number of rotatable bonds is 4. The summed E-state index contributed by atoms with van der Waals surface area (Å²) in [6.45, 7) is 6.93. The van der Waals surface area contributed by atoms with Gasteiger partial charge >= 0.3 is 5.97 Å². The maximum Gasteiger partial charge on any atom is 0.328 e. The van der Waals surface area contributed by atoms with E-state index in [1.165, 1.54) is 18.2 Å². The molecule has 1 aromatic heterocycles. The number of carbonyl (C=O) groups is 1.